The summed E-state index contributed by atoms with van der Waals surface area (Å²) in [6, 6.07) is 7.79. The summed E-state index contributed by atoms with van der Waals surface area (Å²) in [5, 5.41) is 17.4. The number of ether oxygens (including phenoxy) is 1. The van der Waals surface area contributed by atoms with Gasteiger partial charge in [0.05, 0.1) is 37.4 Å². The van der Waals surface area contributed by atoms with E-state index in [2.05, 4.69) is 25.3 Å². The predicted octanol–water partition coefficient (Wildman–Crippen LogP) is 0.869. The van der Waals surface area contributed by atoms with Crippen molar-refractivity contribution in [3.63, 3.8) is 0 Å². The number of aryl methyl sites for hydroxylation is 1. The van der Waals surface area contributed by atoms with E-state index in [9.17, 15) is 4.79 Å². The zero-order valence-corrected chi connectivity index (χ0v) is 14.6. The number of aromatic nitrogens is 5. The molecule has 0 amide bonds. The second-order valence-corrected chi connectivity index (χ2v) is 6.48. The Balaban J connectivity index is 1.52. The van der Waals surface area contributed by atoms with E-state index in [4.69, 9.17) is 4.74 Å². The first-order valence-electron chi connectivity index (χ1n) is 8.61. The Morgan fingerprint density at radius 1 is 1.15 bits per heavy atom. The highest BCUT2D eigenvalue weighted by Crippen LogP contribution is 2.21. The van der Waals surface area contributed by atoms with Gasteiger partial charge in [-0.3, -0.25) is 9.69 Å². The highest BCUT2D eigenvalue weighted by atomic mass is 16.5. The Morgan fingerprint density at radius 3 is 2.77 bits per heavy atom. The molecule has 0 unspecified atom stereocenters. The Labute approximate surface area is 150 Å². The van der Waals surface area contributed by atoms with Gasteiger partial charge < -0.3 is 9.30 Å². The third-order valence-electron chi connectivity index (χ3n) is 4.49. The van der Waals surface area contributed by atoms with Crippen LogP contribution in [0.4, 0.5) is 0 Å². The van der Waals surface area contributed by atoms with Gasteiger partial charge in [-0.05, 0) is 24.3 Å². The van der Waals surface area contributed by atoms with Gasteiger partial charge in [0.15, 0.2) is 11.6 Å². The van der Waals surface area contributed by atoms with Crippen LogP contribution in [-0.4, -0.2) is 68.5 Å². The summed E-state index contributed by atoms with van der Waals surface area (Å²) in [4.78, 5) is 14.5. The summed E-state index contributed by atoms with van der Waals surface area (Å²) < 4.78 is 7.18. The molecule has 0 bridgehead atoms. The van der Waals surface area contributed by atoms with Crippen LogP contribution in [0.25, 0.3) is 22.3 Å². The maximum absolute atomic E-state index is 12.3. The van der Waals surface area contributed by atoms with E-state index >= 15 is 0 Å². The first kappa shape index (κ1) is 16.7. The summed E-state index contributed by atoms with van der Waals surface area (Å²) in [5.74, 6) is 0.929. The van der Waals surface area contributed by atoms with Crippen LogP contribution in [0, 0.1) is 0 Å². The number of carbonyl (C=O) groups is 1. The minimum Gasteiger partial charge on any atom is -0.379 e. The second-order valence-electron chi connectivity index (χ2n) is 6.48. The number of morpholine rings is 1. The van der Waals surface area contributed by atoms with Crippen molar-refractivity contribution in [1.29, 1.82) is 0 Å². The number of benzene rings is 1. The largest absolute Gasteiger partial charge is 0.379 e. The third kappa shape index (κ3) is 3.61. The lowest BCUT2D eigenvalue weighted by Crippen LogP contribution is -2.40. The molecule has 0 N–H and O–H groups in total. The minimum absolute atomic E-state index is 0.144. The van der Waals surface area contributed by atoms with Gasteiger partial charge in [0.25, 0.3) is 0 Å². The molecule has 1 aromatic carbocycles. The number of carbonyl (C=O) groups excluding carboxylic acids is 1. The van der Waals surface area contributed by atoms with E-state index in [-0.39, 0.29) is 12.2 Å². The molecule has 4 rings (SSSR count). The number of Topliss-reactive ketones (excluding diaryl/α,β-unsaturated/α-hetero) is 1. The number of fused-ring (bicyclic) bond motifs is 1. The Morgan fingerprint density at radius 2 is 2.00 bits per heavy atom. The van der Waals surface area contributed by atoms with Crippen LogP contribution in [0.15, 0.2) is 30.6 Å². The first-order chi connectivity index (χ1) is 12.7. The van der Waals surface area contributed by atoms with Gasteiger partial charge >= 0.3 is 0 Å². The van der Waals surface area contributed by atoms with E-state index in [0.717, 1.165) is 35.4 Å². The maximum Gasteiger partial charge on any atom is 0.163 e. The molecule has 8 nitrogen and oxygen atoms in total. The van der Waals surface area contributed by atoms with Gasteiger partial charge in [-0.25, -0.2) is 0 Å². The van der Waals surface area contributed by atoms with Crippen LogP contribution in [-0.2, 0) is 23.0 Å². The fraction of sp³-hybridized carbons (Fsp3) is 0.389. The molecule has 1 aliphatic heterocycles. The fourth-order valence-electron chi connectivity index (χ4n) is 3.12. The monoisotopic (exact) mass is 352 g/mol. The van der Waals surface area contributed by atoms with Crippen molar-refractivity contribution in [2.24, 2.45) is 7.05 Å². The quantitative estimate of drug-likeness (QED) is 0.673. The molecular weight excluding hydrogens is 332 g/mol. The molecule has 26 heavy (non-hydrogen) atoms. The predicted molar refractivity (Wildman–Crippen MR) is 95.5 cm³/mol. The Hall–Kier alpha value is -2.71. The van der Waals surface area contributed by atoms with Crippen LogP contribution in [0.5, 0.6) is 0 Å². The minimum atomic E-state index is 0.144. The topological polar surface area (TPSA) is 86.0 Å². The highest BCUT2D eigenvalue weighted by molar-refractivity contribution is 5.86. The smallest absolute Gasteiger partial charge is 0.163 e. The fourth-order valence-corrected chi connectivity index (χ4v) is 3.12. The Bertz CT molecular complexity index is 932. The zero-order valence-electron chi connectivity index (χ0n) is 14.6. The molecule has 0 atom stereocenters. The molecule has 3 aromatic rings. The highest BCUT2D eigenvalue weighted by Gasteiger charge is 2.15. The number of rotatable bonds is 5. The molecular formula is C18H20N6O2. The van der Waals surface area contributed by atoms with Crippen molar-refractivity contribution < 1.29 is 9.53 Å². The van der Waals surface area contributed by atoms with Gasteiger partial charge in [-0.2, -0.15) is 10.2 Å². The third-order valence-corrected chi connectivity index (χ3v) is 4.49. The average molecular weight is 352 g/mol. The van der Waals surface area contributed by atoms with Gasteiger partial charge in [0, 0.05) is 31.1 Å². The van der Waals surface area contributed by atoms with E-state index in [1.807, 2.05) is 35.9 Å². The molecule has 134 valence electrons. The van der Waals surface area contributed by atoms with Crippen LogP contribution in [0.1, 0.15) is 5.69 Å². The zero-order chi connectivity index (χ0) is 17.9. The molecule has 0 saturated carbocycles. The van der Waals surface area contributed by atoms with Gasteiger partial charge in [0.2, 0.25) is 0 Å². The molecule has 1 fully saturated rings. The van der Waals surface area contributed by atoms with Crippen LogP contribution in [0.3, 0.4) is 0 Å². The summed E-state index contributed by atoms with van der Waals surface area (Å²) >= 11 is 0. The molecule has 8 heteroatoms. The molecule has 1 aliphatic rings. The van der Waals surface area contributed by atoms with Crippen LogP contribution >= 0.6 is 0 Å². The van der Waals surface area contributed by atoms with Crippen molar-refractivity contribution in [2.75, 3.05) is 32.8 Å². The summed E-state index contributed by atoms with van der Waals surface area (Å²) in [6.07, 6.45) is 1.95. The van der Waals surface area contributed by atoms with Crippen molar-refractivity contribution >= 4 is 16.7 Å². The molecule has 1 saturated heterocycles. The number of hydrogen-bond donors (Lipinski definition) is 0. The average Bonchev–Trinajstić information content (AvgIpc) is 3.08. The molecule has 2 aromatic heterocycles. The molecule has 0 spiro atoms. The van der Waals surface area contributed by atoms with Crippen molar-refractivity contribution in [3.8, 4) is 11.4 Å². The standard InChI is InChI=1S/C18H20N6O2/c1-23-12-19-22-18(23)13-2-3-17-14(8-13)9-15(20-21-17)10-16(25)11-24-4-6-26-7-5-24/h2-3,8-9,12H,4-7,10-11H2,1H3. The number of hydrogen-bond acceptors (Lipinski definition) is 7. The molecule has 3 heterocycles. The van der Waals surface area contributed by atoms with E-state index in [0.29, 0.717) is 25.5 Å². The molecule has 0 radical (unpaired) electrons. The lowest BCUT2D eigenvalue weighted by Gasteiger charge is -2.25. The summed E-state index contributed by atoms with van der Waals surface area (Å²) in [7, 11) is 1.90. The van der Waals surface area contributed by atoms with Crippen LogP contribution < -0.4 is 0 Å². The van der Waals surface area contributed by atoms with Crippen molar-refractivity contribution in [2.45, 2.75) is 6.42 Å². The number of ketones is 1. The summed E-state index contributed by atoms with van der Waals surface area (Å²) in [5.41, 5.74) is 2.43. The normalized spacial score (nSPS) is 15.4. The van der Waals surface area contributed by atoms with Gasteiger partial charge in [0.1, 0.15) is 6.33 Å². The van der Waals surface area contributed by atoms with E-state index < -0.39 is 0 Å². The SMILES string of the molecule is Cn1cnnc1-c1ccc2nnc(CC(=O)CN3CCOCC3)cc2c1. The van der Waals surface area contributed by atoms with E-state index in [1.54, 1.807) is 6.33 Å². The first-order valence-corrected chi connectivity index (χ1v) is 8.61. The van der Waals surface area contributed by atoms with Gasteiger partial charge in [-0.15, -0.1) is 10.2 Å². The maximum atomic E-state index is 12.3. The lowest BCUT2D eigenvalue weighted by molar-refractivity contribution is -0.120. The van der Waals surface area contributed by atoms with Crippen molar-refractivity contribution in [1.82, 2.24) is 29.9 Å². The number of nitrogens with zero attached hydrogens (tertiary/aromatic N) is 6. The second kappa shape index (κ2) is 7.27. The Kier molecular flexibility index (Phi) is 4.68. The lowest BCUT2D eigenvalue weighted by atomic mass is 10.1. The van der Waals surface area contributed by atoms with E-state index in [1.165, 1.54) is 0 Å². The van der Waals surface area contributed by atoms with Crippen molar-refractivity contribution in [3.05, 3.63) is 36.3 Å². The van der Waals surface area contributed by atoms with Gasteiger partial charge in [-0.1, -0.05) is 0 Å². The molecule has 0 aliphatic carbocycles. The van der Waals surface area contributed by atoms with Crippen LogP contribution in [0.2, 0.25) is 0 Å². The summed E-state index contributed by atoms with van der Waals surface area (Å²) in [6.45, 7) is 3.41.